The van der Waals surface area contributed by atoms with Crippen LogP contribution in [0.15, 0.2) is 82.9 Å². The largest absolute Gasteiger partial charge is 0.416 e. The molecule has 1 aliphatic heterocycles. The van der Waals surface area contributed by atoms with E-state index in [4.69, 9.17) is 4.99 Å². The van der Waals surface area contributed by atoms with Gasteiger partial charge in [-0.05, 0) is 48.5 Å². The Labute approximate surface area is 186 Å². The lowest BCUT2D eigenvalue weighted by atomic mass is 10.2. The Hall–Kier alpha value is -3.46. The number of aromatic nitrogens is 1. The standard InChI is InChI=1S/C23H17F3N4OS/c24-23(25,26)15-8-10-16(11-9-15)28-21(31)14-32-22-13-20(17-5-3-4-12-27-17)29-18-6-1-2-7-19(18)30-22/h1-12H,13-14H2,(H,28,31). The monoisotopic (exact) mass is 454 g/mol. The minimum atomic E-state index is -4.42. The van der Waals surface area contributed by atoms with Gasteiger partial charge in [-0.2, -0.15) is 13.2 Å². The van der Waals surface area contributed by atoms with Gasteiger partial charge in [-0.25, -0.2) is 9.98 Å². The normalized spacial score (nSPS) is 13.5. The number of fused-ring (bicyclic) bond motifs is 1. The fourth-order valence-electron chi connectivity index (χ4n) is 3.01. The molecule has 0 bridgehead atoms. The Morgan fingerprint density at radius 3 is 2.28 bits per heavy atom. The maximum absolute atomic E-state index is 12.7. The average Bonchev–Trinajstić information content (AvgIpc) is 2.97. The minimum Gasteiger partial charge on any atom is -0.325 e. The van der Waals surface area contributed by atoms with E-state index in [2.05, 4.69) is 15.3 Å². The van der Waals surface area contributed by atoms with Crippen LogP contribution in [0.1, 0.15) is 17.7 Å². The van der Waals surface area contributed by atoms with Crippen molar-refractivity contribution < 1.29 is 18.0 Å². The fourth-order valence-corrected chi connectivity index (χ4v) is 3.78. The van der Waals surface area contributed by atoms with Gasteiger partial charge in [0, 0.05) is 18.3 Å². The number of amides is 1. The first-order valence-corrected chi connectivity index (χ1v) is 10.6. The van der Waals surface area contributed by atoms with Gasteiger partial charge in [-0.15, -0.1) is 11.8 Å². The zero-order chi connectivity index (χ0) is 22.6. The number of carbonyl (C=O) groups is 1. The number of benzene rings is 2. The summed E-state index contributed by atoms with van der Waals surface area (Å²) < 4.78 is 38.1. The van der Waals surface area contributed by atoms with Crippen LogP contribution in [-0.4, -0.2) is 27.4 Å². The number of nitrogens with one attached hydrogen (secondary N) is 1. The molecule has 0 saturated heterocycles. The van der Waals surface area contributed by atoms with E-state index in [1.165, 1.54) is 23.9 Å². The van der Waals surface area contributed by atoms with E-state index in [0.29, 0.717) is 22.8 Å². The Morgan fingerprint density at radius 1 is 0.938 bits per heavy atom. The van der Waals surface area contributed by atoms with Crippen molar-refractivity contribution in [2.24, 2.45) is 9.98 Å². The number of halogens is 3. The van der Waals surface area contributed by atoms with Gasteiger partial charge in [-0.1, -0.05) is 18.2 Å². The molecular weight excluding hydrogens is 437 g/mol. The zero-order valence-corrected chi connectivity index (χ0v) is 17.5. The second-order valence-corrected chi connectivity index (χ2v) is 7.91. The summed E-state index contributed by atoms with van der Waals surface area (Å²) in [6.07, 6.45) is -2.32. The molecule has 1 aliphatic rings. The molecule has 2 aromatic carbocycles. The molecule has 9 heteroatoms. The van der Waals surface area contributed by atoms with Crippen LogP contribution in [0, 0.1) is 0 Å². The maximum Gasteiger partial charge on any atom is 0.416 e. The highest BCUT2D eigenvalue weighted by molar-refractivity contribution is 8.14. The van der Waals surface area contributed by atoms with Gasteiger partial charge in [0.1, 0.15) is 0 Å². The van der Waals surface area contributed by atoms with E-state index < -0.39 is 11.7 Å². The van der Waals surface area contributed by atoms with Crippen LogP contribution in [0.3, 0.4) is 0 Å². The number of aliphatic imine (C=N–C) groups is 2. The van der Waals surface area contributed by atoms with Crippen molar-refractivity contribution in [3.8, 4) is 0 Å². The first-order valence-electron chi connectivity index (χ1n) is 9.64. The molecular formula is C23H17F3N4OS. The predicted octanol–water partition coefficient (Wildman–Crippen LogP) is 6.03. The van der Waals surface area contributed by atoms with E-state index in [1.54, 1.807) is 6.20 Å². The molecule has 2 heterocycles. The summed E-state index contributed by atoms with van der Waals surface area (Å²) in [5.74, 6) is -0.288. The molecule has 162 valence electrons. The lowest BCUT2D eigenvalue weighted by Gasteiger charge is -2.09. The van der Waals surface area contributed by atoms with Gasteiger partial charge in [0.05, 0.1) is 39.1 Å². The summed E-state index contributed by atoms with van der Waals surface area (Å²) in [5.41, 5.74) is 2.42. The third-order valence-corrected chi connectivity index (χ3v) is 5.50. The van der Waals surface area contributed by atoms with Gasteiger partial charge in [0.25, 0.3) is 0 Å². The molecule has 32 heavy (non-hydrogen) atoms. The highest BCUT2D eigenvalue weighted by Crippen LogP contribution is 2.33. The molecule has 1 amide bonds. The summed E-state index contributed by atoms with van der Waals surface area (Å²) in [4.78, 5) is 26.1. The molecule has 3 aromatic rings. The summed E-state index contributed by atoms with van der Waals surface area (Å²) in [6.45, 7) is 0. The van der Waals surface area contributed by atoms with E-state index in [1.807, 2.05) is 42.5 Å². The van der Waals surface area contributed by atoms with Gasteiger partial charge in [0.2, 0.25) is 5.91 Å². The molecule has 1 aromatic heterocycles. The number of hydrogen-bond acceptors (Lipinski definition) is 5. The molecule has 0 unspecified atom stereocenters. The Morgan fingerprint density at radius 2 is 1.62 bits per heavy atom. The van der Waals surface area contributed by atoms with Crippen LogP contribution in [0.4, 0.5) is 30.2 Å². The van der Waals surface area contributed by atoms with Gasteiger partial charge in [-0.3, -0.25) is 9.78 Å². The van der Waals surface area contributed by atoms with Crippen LogP contribution in [-0.2, 0) is 11.0 Å². The van der Waals surface area contributed by atoms with Gasteiger partial charge in [0.15, 0.2) is 0 Å². The molecule has 0 saturated carbocycles. The second kappa shape index (κ2) is 9.35. The minimum absolute atomic E-state index is 0.0531. The van der Waals surface area contributed by atoms with Crippen molar-refractivity contribution in [2.45, 2.75) is 12.6 Å². The Bertz CT molecular complexity index is 1180. The Kier molecular flexibility index (Phi) is 6.36. The number of carbonyl (C=O) groups excluding carboxylic acids is 1. The summed E-state index contributed by atoms with van der Waals surface area (Å²) in [7, 11) is 0. The molecule has 0 aliphatic carbocycles. The lowest BCUT2D eigenvalue weighted by Crippen LogP contribution is -2.16. The molecule has 0 radical (unpaired) electrons. The summed E-state index contributed by atoms with van der Waals surface area (Å²) in [5, 5.41) is 3.31. The average molecular weight is 454 g/mol. The second-order valence-electron chi connectivity index (χ2n) is 6.86. The predicted molar refractivity (Wildman–Crippen MR) is 121 cm³/mol. The summed E-state index contributed by atoms with van der Waals surface area (Å²) >= 11 is 1.26. The number of thioether (sulfide) groups is 1. The molecule has 4 rings (SSSR count). The summed E-state index contributed by atoms with van der Waals surface area (Å²) in [6, 6.07) is 17.4. The van der Waals surface area contributed by atoms with Crippen LogP contribution in [0.5, 0.6) is 0 Å². The van der Waals surface area contributed by atoms with Crippen molar-refractivity contribution in [2.75, 3.05) is 11.1 Å². The van der Waals surface area contributed by atoms with Crippen molar-refractivity contribution >= 4 is 45.5 Å². The topological polar surface area (TPSA) is 66.7 Å². The lowest BCUT2D eigenvalue weighted by molar-refractivity contribution is -0.137. The zero-order valence-electron chi connectivity index (χ0n) is 16.6. The number of nitrogens with zero attached hydrogens (tertiary/aromatic N) is 3. The van der Waals surface area contributed by atoms with Crippen LogP contribution in [0.2, 0.25) is 0 Å². The van der Waals surface area contributed by atoms with Crippen LogP contribution < -0.4 is 5.32 Å². The number of pyridine rings is 1. The van der Waals surface area contributed by atoms with Crippen molar-refractivity contribution in [1.29, 1.82) is 0 Å². The number of para-hydroxylation sites is 2. The number of alkyl halides is 3. The quantitative estimate of drug-likeness (QED) is 0.524. The number of hydrogen-bond donors (Lipinski definition) is 1. The van der Waals surface area contributed by atoms with Crippen LogP contribution in [0.25, 0.3) is 0 Å². The van der Waals surface area contributed by atoms with Crippen molar-refractivity contribution in [1.82, 2.24) is 4.98 Å². The Balaban J connectivity index is 1.46. The third-order valence-electron chi connectivity index (χ3n) is 4.53. The first-order chi connectivity index (χ1) is 15.4. The van der Waals surface area contributed by atoms with Gasteiger partial charge >= 0.3 is 6.18 Å². The molecule has 5 nitrogen and oxygen atoms in total. The number of anilines is 1. The van der Waals surface area contributed by atoms with Gasteiger partial charge < -0.3 is 5.32 Å². The molecule has 0 atom stereocenters. The van der Waals surface area contributed by atoms with E-state index in [9.17, 15) is 18.0 Å². The third kappa shape index (κ3) is 5.42. The molecule has 0 spiro atoms. The fraction of sp³-hybridized carbons (Fsp3) is 0.130. The SMILES string of the molecule is O=C(CSC1=Nc2ccccc2N=C(c2ccccn2)C1)Nc1ccc(C(F)(F)F)cc1. The molecule has 0 fully saturated rings. The maximum atomic E-state index is 12.7. The smallest absolute Gasteiger partial charge is 0.325 e. The first kappa shape index (κ1) is 21.8. The highest BCUT2D eigenvalue weighted by atomic mass is 32.2. The number of rotatable bonds is 4. The van der Waals surface area contributed by atoms with E-state index in [0.717, 1.165) is 29.2 Å². The van der Waals surface area contributed by atoms with E-state index >= 15 is 0 Å². The van der Waals surface area contributed by atoms with Crippen LogP contribution >= 0.6 is 11.8 Å². The van der Waals surface area contributed by atoms with E-state index in [-0.39, 0.29) is 11.7 Å². The highest BCUT2D eigenvalue weighted by Gasteiger charge is 2.30. The van der Waals surface area contributed by atoms with Crippen molar-refractivity contribution in [3.05, 3.63) is 84.2 Å². The van der Waals surface area contributed by atoms with Crippen molar-refractivity contribution in [3.63, 3.8) is 0 Å². The molecule has 1 N–H and O–H groups in total.